The Morgan fingerprint density at radius 3 is 2.32 bits per heavy atom. The van der Waals surface area contributed by atoms with E-state index in [0.29, 0.717) is 6.54 Å². The Balaban J connectivity index is 1.65. The van der Waals surface area contributed by atoms with Crippen LogP contribution < -0.4 is 5.32 Å². The Kier molecular flexibility index (Phi) is 5.92. The van der Waals surface area contributed by atoms with E-state index in [1.54, 1.807) is 0 Å². The minimum absolute atomic E-state index is 0.0137. The van der Waals surface area contributed by atoms with Gasteiger partial charge in [0.25, 0.3) is 0 Å². The molecule has 34 heavy (non-hydrogen) atoms. The molecule has 4 aromatic rings. The molecule has 5 nitrogen and oxygen atoms in total. The number of nitrogens with one attached hydrogen (secondary N) is 1. The van der Waals surface area contributed by atoms with E-state index < -0.39 is 0 Å². The molecule has 2 atom stereocenters. The van der Waals surface area contributed by atoms with Crippen LogP contribution in [0.5, 0.6) is 0 Å². The summed E-state index contributed by atoms with van der Waals surface area (Å²) in [4.78, 5) is 11.2. The predicted molar refractivity (Wildman–Crippen MR) is 140 cm³/mol. The Morgan fingerprint density at radius 2 is 1.65 bits per heavy atom. The van der Waals surface area contributed by atoms with Crippen molar-refractivity contribution in [1.29, 1.82) is 0 Å². The van der Waals surface area contributed by atoms with E-state index in [2.05, 4.69) is 77.8 Å². The van der Waals surface area contributed by atoms with Crippen LogP contribution in [0.15, 0.2) is 73.2 Å². The van der Waals surface area contributed by atoms with Gasteiger partial charge < -0.3 is 14.8 Å². The van der Waals surface area contributed by atoms with Crippen molar-refractivity contribution in [2.75, 3.05) is 0 Å². The Hall–Kier alpha value is -3.51. The molecule has 172 valence electrons. The highest BCUT2D eigenvalue weighted by Gasteiger charge is 2.41. The lowest BCUT2D eigenvalue weighted by atomic mass is 9.96. The smallest absolute Gasteiger partial charge is 0.170 e. The molecule has 3 aromatic heterocycles. The molecule has 0 spiro atoms. The van der Waals surface area contributed by atoms with Crippen LogP contribution in [-0.2, 0) is 6.54 Å². The summed E-state index contributed by atoms with van der Waals surface area (Å²) in [7, 11) is 0. The fourth-order valence-corrected chi connectivity index (χ4v) is 5.49. The zero-order valence-corrected chi connectivity index (χ0v) is 20.8. The topological polar surface area (TPSA) is 46.0 Å². The van der Waals surface area contributed by atoms with E-state index in [-0.39, 0.29) is 12.1 Å². The number of nitrogens with zero attached hydrogens (tertiary/aromatic N) is 4. The fourth-order valence-electron chi connectivity index (χ4n) is 5.19. The molecule has 1 aliphatic rings. The van der Waals surface area contributed by atoms with Gasteiger partial charge in [-0.2, -0.15) is 0 Å². The SMILES string of the molecule is Cc1cccc(C)c1-n1c(C)cc(C2C(c3ccccn3)NC(=S)N2Cc2ccncc2)c1C. The number of aryl methyl sites for hydroxylation is 3. The Bertz CT molecular complexity index is 1310. The zero-order valence-electron chi connectivity index (χ0n) is 20.0. The maximum atomic E-state index is 5.88. The summed E-state index contributed by atoms with van der Waals surface area (Å²) in [5, 5.41) is 4.32. The van der Waals surface area contributed by atoms with Crippen LogP contribution in [0.1, 0.15) is 51.4 Å². The van der Waals surface area contributed by atoms with Gasteiger partial charge in [-0.15, -0.1) is 0 Å². The van der Waals surface area contributed by atoms with Gasteiger partial charge >= 0.3 is 0 Å². The van der Waals surface area contributed by atoms with Crippen LogP contribution in [0.3, 0.4) is 0 Å². The number of hydrogen-bond acceptors (Lipinski definition) is 3. The first kappa shape index (κ1) is 22.3. The van der Waals surface area contributed by atoms with E-state index >= 15 is 0 Å². The van der Waals surface area contributed by atoms with Crippen LogP contribution in [0.2, 0.25) is 0 Å². The van der Waals surface area contributed by atoms with Gasteiger partial charge in [0.2, 0.25) is 0 Å². The molecule has 1 saturated heterocycles. The van der Waals surface area contributed by atoms with Crippen molar-refractivity contribution in [2.45, 2.75) is 46.3 Å². The quantitative estimate of drug-likeness (QED) is 0.383. The van der Waals surface area contributed by atoms with Gasteiger partial charge in [-0.05, 0) is 92.5 Å². The molecule has 1 N–H and O–H groups in total. The predicted octanol–water partition coefficient (Wildman–Crippen LogP) is 5.67. The van der Waals surface area contributed by atoms with E-state index in [1.165, 1.54) is 39.3 Å². The number of thiocarbonyl (C=S) groups is 1. The number of aromatic nitrogens is 3. The second kappa shape index (κ2) is 9.03. The van der Waals surface area contributed by atoms with Gasteiger partial charge in [0.05, 0.1) is 23.5 Å². The third-order valence-electron chi connectivity index (χ3n) is 6.75. The van der Waals surface area contributed by atoms with Gasteiger partial charge in [0, 0.05) is 36.5 Å². The van der Waals surface area contributed by atoms with E-state index in [0.717, 1.165) is 10.8 Å². The second-order valence-corrected chi connectivity index (χ2v) is 9.40. The van der Waals surface area contributed by atoms with Gasteiger partial charge in [-0.1, -0.05) is 24.3 Å². The highest BCUT2D eigenvalue weighted by atomic mass is 32.1. The molecule has 0 bridgehead atoms. The highest BCUT2D eigenvalue weighted by molar-refractivity contribution is 7.80. The molecular weight excluding hydrogens is 438 g/mol. The number of benzene rings is 1. The minimum Gasteiger partial charge on any atom is -0.352 e. The molecule has 1 aromatic carbocycles. The Morgan fingerprint density at radius 1 is 0.912 bits per heavy atom. The van der Waals surface area contributed by atoms with Crippen LogP contribution in [0.25, 0.3) is 5.69 Å². The minimum atomic E-state index is -0.0394. The summed E-state index contributed by atoms with van der Waals surface area (Å²) in [6, 6.07) is 18.9. The lowest BCUT2D eigenvalue weighted by Gasteiger charge is -2.28. The van der Waals surface area contributed by atoms with Gasteiger partial charge in [-0.3, -0.25) is 9.97 Å². The third kappa shape index (κ3) is 3.88. The van der Waals surface area contributed by atoms with Crippen molar-refractivity contribution in [2.24, 2.45) is 0 Å². The average Bonchev–Trinajstić information content (AvgIpc) is 3.31. The van der Waals surface area contributed by atoms with Crippen molar-refractivity contribution in [1.82, 2.24) is 24.8 Å². The van der Waals surface area contributed by atoms with Crippen LogP contribution in [0, 0.1) is 27.7 Å². The summed E-state index contributed by atoms with van der Waals surface area (Å²) >= 11 is 5.88. The van der Waals surface area contributed by atoms with E-state index in [1.807, 2.05) is 42.9 Å². The molecule has 1 aliphatic heterocycles. The summed E-state index contributed by atoms with van der Waals surface area (Å²) in [5.74, 6) is 0. The summed E-state index contributed by atoms with van der Waals surface area (Å²) in [6.07, 6.45) is 5.52. The molecular formula is C28H29N5S. The first-order chi connectivity index (χ1) is 16.5. The molecule has 2 unspecified atom stereocenters. The fraction of sp³-hybridized carbons (Fsp3) is 0.250. The van der Waals surface area contributed by atoms with Gasteiger partial charge in [0.1, 0.15) is 0 Å². The normalized spacial score (nSPS) is 17.8. The summed E-state index contributed by atoms with van der Waals surface area (Å²) in [6.45, 7) is 9.47. The van der Waals surface area contributed by atoms with Gasteiger partial charge in [0.15, 0.2) is 5.11 Å². The van der Waals surface area contributed by atoms with Crippen molar-refractivity contribution in [3.63, 3.8) is 0 Å². The molecule has 0 radical (unpaired) electrons. The highest BCUT2D eigenvalue weighted by Crippen LogP contribution is 2.42. The van der Waals surface area contributed by atoms with E-state index in [4.69, 9.17) is 17.2 Å². The molecule has 1 fully saturated rings. The van der Waals surface area contributed by atoms with Crippen LogP contribution >= 0.6 is 12.2 Å². The summed E-state index contributed by atoms with van der Waals surface area (Å²) in [5.41, 5.74) is 9.66. The van der Waals surface area contributed by atoms with Crippen molar-refractivity contribution in [3.05, 3.63) is 113 Å². The zero-order chi connectivity index (χ0) is 23.8. The number of pyridine rings is 2. The number of para-hydroxylation sites is 1. The van der Waals surface area contributed by atoms with Crippen LogP contribution in [0.4, 0.5) is 0 Å². The lowest BCUT2D eigenvalue weighted by molar-refractivity contribution is 0.310. The molecule has 0 saturated carbocycles. The molecule has 6 heteroatoms. The van der Waals surface area contributed by atoms with Crippen molar-refractivity contribution < 1.29 is 0 Å². The molecule has 0 amide bonds. The lowest BCUT2D eigenvalue weighted by Crippen LogP contribution is -2.29. The largest absolute Gasteiger partial charge is 0.352 e. The number of rotatable bonds is 5. The first-order valence-corrected chi connectivity index (χ1v) is 12.0. The molecule has 0 aliphatic carbocycles. The number of hydrogen-bond donors (Lipinski definition) is 1. The molecule has 5 rings (SSSR count). The second-order valence-electron chi connectivity index (χ2n) is 9.01. The monoisotopic (exact) mass is 467 g/mol. The molecule has 4 heterocycles. The third-order valence-corrected chi connectivity index (χ3v) is 7.10. The van der Waals surface area contributed by atoms with Gasteiger partial charge in [-0.25, -0.2) is 0 Å². The first-order valence-electron chi connectivity index (χ1n) is 11.6. The summed E-state index contributed by atoms with van der Waals surface area (Å²) < 4.78 is 2.39. The maximum absolute atomic E-state index is 5.88. The van der Waals surface area contributed by atoms with Crippen molar-refractivity contribution in [3.8, 4) is 5.69 Å². The van der Waals surface area contributed by atoms with Crippen molar-refractivity contribution >= 4 is 17.3 Å². The van der Waals surface area contributed by atoms with E-state index in [9.17, 15) is 0 Å². The average molecular weight is 468 g/mol. The maximum Gasteiger partial charge on any atom is 0.170 e. The van der Waals surface area contributed by atoms with Crippen LogP contribution in [-0.4, -0.2) is 24.5 Å². The Labute approximate surface area is 206 Å². The standard InChI is InChI=1S/C28H29N5S/c1-18-8-7-9-19(2)26(18)33-20(3)16-23(21(33)4)27-25(24-10-5-6-13-30-24)31-28(34)32(27)17-22-11-14-29-15-12-22/h5-16,25,27H,17H2,1-4H3,(H,31,34).